The van der Waals surface area contributed by atoms with E-state index in [0.717, 1.165) is 0 Å². The number of nitrogens with two attached hydrogens (primary N) is 1. The number of aliphatic carboxylic acids is 1. The van der Waals surface area contributed by atoms with Gasteiger partial charge in [-0.1, -0.05) is 17.7 Å². The van der Waals surface area contributed by atoms with Crippen LogP contribution in [0.2, 0.25) is 5.02 Å². The first-order valence-electron chi connectivity index (χ1n) is 5.91. The van der Waals surface area contributed by atoms with Crippen LogP contribution in [0.4, 0.5) is 0 Å². The van der Waals surface area contributed by atoms with Gasteiger partial charge in [-0.05, 0) is 17.7 Å². The highest BCUT2D eigenvalue weighted by atomic mass is 35.5. The third-order valence-electron chi connectivity index (χ3n) is 3.13. The first-order chi connectivity index (χ1) is 9.32. The molecular weight excluding hydrogens is 306 g/mol. The molecule has 1 unspecified atom stereocenters. The first kappa shape index (κ1) is 15.2. The van der Waals surface area contributed by atoms with E-state index in [0.29, 0.717) is 5.56 Å². The summed E-state index contributed by atoms with van der Waals surface area (Å²) in [4.78, 5) is 10.6. The Bertz CT molecular complexity index is 627. The number of halogens is 1. The number of carboxylic acids is 1. The Kier molecular flexibility index (Phi) is 4.33. The van der Waals surface area contributed by atoms with Gasteiger partial charge in [0, 0.05) is 6.04 Å². The Morgan fingerprint density at radius 1 is 1.50 bits per heavy atom. The van der Waals surface area contributed by atoms with Crippen molar-refractivity contribution in [1.29, 1.82) is 0 Å². The van der Waals surface area contributed by atoms with E-state index in [1.54, 1.807) is 0 Å². The number of ether oxygens (including phenoxy) is 1. The Morgan fingerprint density at radius 3 is 2.60 bits per heavy atom. The van der Waals surface area contributed by atoms with E-state index >= 15 is 0 Å². The summed E-state index contributed by atoms with van der Waals surface area (Å²) in [6, 6.07) is 3.54. The molecule has 1 aliphatic heterocycles. The quantitative estimate of drug-likeness (QED) is 0.838. The van der Waals surface area contributed by atoms with Gasteiger partial charge in [0.2, 0.25) is 0 Å². The van der Waals surface area contributed by atoms with Crippen molar-refractivity contribution in [2.24, 2.45) is 5.73 Å². The van der Waals surface area contributed by atoms with Gasteiger partial charge in [-0.3, -0.25) is 4.79 Å². The largest absolute Gasteiger partial charge is 0.481 e. The summed E-state index contributed by atoms with van der Waals surface area (Å²) in [6.45, 7) is 0.331. The Morgan fingerprint density at radius 2 is 2.15 bits per heavy atom. The highest BCUT2D eigenvalue weighted by Crippen LogP contribution is 2.30. The summed E-state index contributed by atoms with van der Waals surface area (Å²) in [5.41, 5.74) is 6.20. The zero-order valence-electron chi connectivity index (χ0n) is 10.5. The first-order valence-corrected chi connectivity index (χ1v) is 7.83. The second kappa shape index (κ2) is 5.69. The average Bonchev–Trinajstić information content (AvgIpc) is 2.24. The van der Waals surface area contributed by atoms with Crippen LogP contribution in [0.15, 0.2) is 23.1 Å². The molecule has 0 aliphatic carbocycles. The normalized spacial score (nSPS) is 17.5. The lowest BCUT2D eigenvalue weighted by Crippen LogP contribution is -2.40. The van der Waals surface area contributed by atoms with Crippen LogP contribution in [0.1, 0.15) is 18.0 Å². The molecule has 110 valence electrons. The summed E-state index contributed by atoms with van der Waals surface area (Å²) >= 11 is 6.00. The number of hydrogen-bond acceptors (Lipinski definition) is 5. The second-order valence-corrected chi connectivity index (χ2v) is 7.20. The maximum absolute atomic E-state index is 12.2. The van der Waals surface area contributed by atoms with Crippen molar-refractivity contribution in [3.8, 4) is 0 Å². The number of carbonyl (C=O) groups is 1. The molecule has 1 atom stereocenters. The maximum atomic E-state index is 12.2. The summed E-state index contributed by atoms with van der Waals surface area (Å²) in [6.07, 6.45) is -0.251. The van der Waals surface area contributed by atoms with Crippen molar-refractivity contribution in [2.75, 3.05) is 13.2 Å². The smallest absolute Gasteiger partial charge is 0.305 e. The molecule has 2 rings (SSSR count). The second-order valence-electron chi connectivity index (χ2n) is 4.60. The third kappa shape index (κ3) is 2.95. The van der Waals surface area contributed by atoms with Crippen molar-refractivity contribution >= 4 is 27.4 Å². The minimum absolute atomic E-state index is 0.0266. The van der Waals surface area contributed by atoms with E-state index in [-0.39, 0.29) is 29.6 Å². The Balaban J connectivity index is 2.28. The van der Waals surface area contributed by atoms with Crippen molar-refractivity contribution in [1.82, 2.24) is 0 Å². The summed E-state index contributed by atoms with van der Waals surface area (Å²) in [5.74, 6) is -1.03. The molecule has 1 aliphatic rings. The molecule has 0 radical (unpaired) electrons. The van der Waals surface area contributed by atoms with Gasteiger partial charge in [-0.25, -0.2) is 8.42 Å². The van der Waals surface area contributed by atoms with E-state index in [9.17, 15) is 13.2 Å². The molecule has 0 bridgehead atoms. The van der Waals surface area contributed by atoms with Gasteiger partial charge in [0.05, 0.1) is 29.6 Å². The fraction of sp³-hybridized carbons (Fsp3) is 0.417. The van der Waals surface area contributed by atoms with Crippen molar-refractivity contribution in [2.45, 2.75) is 22.6 Å². The zero-order chi connectivity index (χ0) is 14.9. The van der Waals surface area contributed by atoms with Crippen molar-refractivity contribution < 1.29 is 23.1 Å². The predicted octanol–water partition coefficient (Wildman–Crippen LogP) is 0.987. The lowest BCUT2D eigenvalue weighted by Gasteiger charge is -2.26. The molecule has 1 aromatic carbocycles. The SMILES string of the molecule is NC(CC(=O)O)c1ccc(S(=O)(=O)C2COC2)c(Cl)c1. The lowest BCUT2D eigenvalue weighted by molar-refractivity contribution is -0.137. The number of sulfone groups is 1. The van der Waals surface area contributed by atoms with Crippen LogP contribution in [-0.2, 0) is 19.4 Å². The van der Waals surface area contributed by atoms with Crippen molar-refractivity contribution in [3.63, 3.8) is 0 Å². The molecular formula is C12H14ClNO5S. The molecule has 0 spiro atoms. The molecule has 1 saturated heterocycles. The molecule has 6 nitrogen and oxygen atoms in total. The maximum Gasteiger partial charge on any atom is 0.305 e. The zero-order valence-corrected chi connectivity index (χ0v) is 12.0. The van der Waals surface area contributed by atoms with E-state index in [1.165, 1.54) is 18.2 Å². The summed E-state index contributed by atoms with van der Waals surface area (Å²) < 4.78 is 29.3. The molecule has 0 amide bonds. The van der Waals surface area contributed by atoms with Gasteiger partial charge in [0.25, 0.3) is 0 Å². The highest BCUT2D eigenvalue weighted by Gasteiger charge is 2.35. The van der Waals surface area contributed by atoms with E-state index in [1.807, 2.05) is 0 Å². The van der Waals surface area contributed by atoms with E-state index < -0.39 is 27.1 Å². The molecule has 1 aromatic rings. The number of rotatable bonds is 5. The van der Waals surface area contributed by atoms with Crippen LogP contribution in [0.25, 0.3) is 0 Å². The topological polar surface area (TPSA) is 107 Å². The third-order valence-corrected chi connectivity index (χ3v) is 5.68. The number of hydrogen-bond donors (Lipinski definition) is 2. The Labute approximate surface area is 121 Å². The van der Waals surface area contributed by atoms with Crippen LogP contribution >= 0.6 is 11.6 Å². The van der Waals surface area contributed by atoms with Gasteiger partial charge in [0.15, 0.2) is 9.84 Å². The lowest BCUT2D eigenvalue weighted by atomic mass is 10.1. The summed E-state index contributed by atoms with van der Waals surface area (Å²) in [7, 11) is -3.51. The van der Waals surface area contributed by atoms with Gasteiger partial charge >= 0.3 is 5.97 Å². The standard InChI is InChI=1S/C12H14ClNO5S/c13-9-3-7(10(14)4-12(15)16)1-2-11(9)20(17,18)8-5-19-6-8/h1-3,8,10H,4-6,14H2,(H,15,16). The van der Waals surface area contributed by atoms with Crippen LogP contribution < -0.4 is 5.73 Å². The fourth-order valence-corrected chi connectivity index (χ4v) is 3.87. The van der Waals surface area contributed by atoms with E-state index in [2.05, 4.69) is 0 Å². The molecule has 0 saturated carbocycles. The molecule has 20 heavy (non-hydrogen) atoms. The van der Waals surface area contributed by atoms with E-state index in [4.69, 9.17) is 27.2 Å². The van der Waals surface area contributed by atoms with Gasteiger partial charge in [-0.15, -0.1) is 0 Å². The number of benzene rings is 1. The highest BCUT2D eigenvalue weighted by molar-refractivity contribution is 7.92. The van der Waals surface area contributed by atoms with Crippen LogP contribution in [0.5, 0.6) is 0 Å². The van der Waals surface area contributed by atoms with Crippen LogP contribution in [-0.4, -0.2) is 38.0 Å². The molecule has 8 heteroatoms. The predicted molar refractivity (Wildman–Crippen MR) is 72.4 cm³/mol. The molecule has 1 heterocycles. The Hall–Kier alpha value is -1.15. The van der Waals surface area contributed by atoms with Gasteiger partial charge in [-0.2, -0.15) is 0 Å². The van der Waals surface area contributed by atoms with Crippen molar-refractivity contribution in [3.05, 3.63) is 28.8 Å². The average molecular weight is 320 g/mol. The summed E-state index contributed by atoms with van der Waals surface area (Å²) in [5, 5.41) is 8.17. The molecule has 0 aromatic heterocycles. The number of carboxylic acid groups (broad SMARTS) is 1. The molecule has 1 fully saturated rings. The minimum atomic E-state index is -3.51. The van der Waals surface area contributed by atoms with Gasteiger partial charge in [0.1, 0.15) is 5.25 Å². The van der Waals surface area contributed by atoms with Crippen LogP contribution in [0, 0.1) is 0 Å². The minimum Gasteiger partial charge on any atom is -0.481 e. The monoisotopic (exact) mass is 319 g/mol. The fourth-order valence-electron chi connectivity index (χ4n) is 1.86. The van der Waals surface area contributed by atoms with Gasteiger partial charge < -0.3 is 15.6 Å². The molecule has 3 N–H and O–H groups in total. The van der Waals surface area contributed by atoms with Crippen LogP contribution in [0.3, 0.4) is 0 Å².